The fraction of sp³-hybridized carbons (Fsp3) is 0.688. The van der Waals surface area contributed by atoms with E-state index in [9.17, 15) is 9.59 Å². The largest absolute Gasteiger partial charge is 0.362 e. The summed E-state index contributed by atoms with van der Waals surface area (Å²) < 4.78 is 0. The first-order chi connectivity index (χ1) is 11.7. The first kappa shape index (κ1) is 17.2. The maximum Gasteiger partial charge on any atom is 0.273 e. The van der Waals surface area contributed by atoms with Gasteiger partial charge in [0.25, 0.3) is 5.91 Å². The van der Waals surface area contributed by atoms with Gasteiger partial charge in [-0.2, -0.15) is 0 Å². The number of nitrogens with zero attached hydrogens (tertiary/aromatic N) is 4. The molecule has 0 saturated carbocycles. The van der Waals surface area contributed by atoms with E-state index >= 15 is 0 Å². The number of aromatic nitrogens is 1. The zero-order chi connectivity index (χ0) is 16.9. The summed E-state index contributed by atoms with van der Waals surface area (Å²) in [5.74, 6) is 0.211. The normalized spacial score (nSPS) is 18.9. The molecule has 0 radical (unpaired) electrons. The van der Waals surface area contributed by atoms with Gasteiger partial charge in [-0.25, -0.2) is 4.98 Å². The second kappa shape index (κ2) is 7.94. The maximum atomic E-state index is 12.5. The highest BCUT2D eigenvalue weighted by Crippen LogP contribution is 2.17. The van der Waals surface area contributed by atoms with Crippen molar-refractivity contribution >= 4 is 28.3 Å². The molecule has 2 aliphatic rings. The summed E-state index contributed by atoms with van der Waals surface area (Å²) in [5, 5.41) is 5.72. The molecule has 8 heteroatoms. The Morgan fingerprint density at radius 2 is 1.83 bits per heavy atom. The van der Waals surface area contributed by atoms with Gasteiger partial charge in [0.2, 0.25) is 5.91 Å². The molecule has 24 heavy (non-hydrogen) atoms. The summed E-state index contributed by atoms with van der Waals surface area (Å²) in [7, 11) is 0. The lowest BCUT2D eigenvalue weighted by atomic mass is 10.3. The van der Waals surface area contributed by atoms with Gasteiger partial charge in [0.05, 0.1) is 6.54 Å². The zero-order valence-electron chi connectivity index (χ0n) is 14.2. The van der Waals surface area contributed by atoms with Crippen LogP contribution in [0.25, 0.3) is 0 Å². The fourth-order valence-corrected chi connectivity index (χ4v) is 3.89. The Morgan fingerprint density at radius 3 is 2.50 bits per heavy atom. The van der Waals surface area contributed by atoms with E-state index in [0.717, 1.165) is 50.7 Å². The summed E-state index contributed by atoms with van der Waals surface area (Å²) in [6.45, 7) is 7.87. The van der Waals surface area contributed by atoms with Gasteiger partial charge in [-0.15, -0.1) is 11.3 Å². The number of hydrogen-bond acceptors (Lipinski definition) is 6. The number of amides is 2. The van der Waals surface area contributed by atoms with Crippen molar-refractivity contribution in [2.45, 2.75) is 19.8 Å². The second-order valence-corrected chi connectivity index (χ2v) is 7.08. The number of anilines is 1. The van der Waals surface area contributed by atoms with Crippen LogP contribution in [-0.4, -0.2) is 83.9 Å². The molecule has 3 heterocycles. The van der Waals surface area contributed by atoms with Gasteiger partial charge < -0.3 is 15.1 Å². The lowest BCUT2D eigenvalue weighted by Crippen LogP contribution is -2.51. The Morgan fingerprint density at radius 1 is 1.12 bits per heavy atom. The lowest BCUT2D eigenvalue weighted by Gasteiger charge is -2.34. The number of rotatable bonds is 5. The van der Waals surface area contributed by atoms with Crippen molar-refractivity contribution in [3.8, 4) is 0 Å². The molecule has 132 valence electrons. The highest BCUT2D eigenvalue weighted by Gasteiger charge is 2.26. The molecule has 1 N–H and O–H groups in total. The van der Waals surface area contributed by atoms with Gasteiger partial charge in [-0.05, 0) is 19.8 Å². The third kappa shape index (κ3) is 4.05. The molecule has 1 aromatic rings. The van der Waals surface area contributed by atoms with Crippen LogP contribution in [-0.2, 0) is 4.79 Å². The number of nitrogens with one attached hydrogen (secondary N) is 1. The topological polar surface area (TPSA) is 68.8 Å². The zero-order valence-corrected chi connectivity index (χ0v) is 15.0. The number of carbonyl (C=O) groups is 2. The molecular weight excluding hydrogens is 326 g/mol. The van der Waals surface area contributed by atoms with E-state index in [0.29, 0.717) is 25.3 Å². The van der Waals surface area contributed by atoms with Gasteiger partial charge >= 0.3 is 0 Å². The SMILES string of the molecule is CCNc1nc(C(=O)N2CCN(CC(=O)N3CCCC3)CC2)cs1. The van der Waals surface area contributed by atoms with Gasteiger partial charge in [-0.3, -0.25) is 14.5 Å². The molecule has 2 saturated heterocycles. The van der Waals surface area contributed by atoms with Crippen LogP contribution in [0.3, 0.4) is 0 Å². The van der Waals surface area contributed by atoms with Crippen LogP contribution in [0.4, 0.5) is 5.13 Å². The standard InChI is InChI=1S/C16H25N5O2S/c1-2-17-16-18-13(12-24-16)15(23)21-9-7-19(8-10-21)11-14(22)20-5-3-4-6-20/h12H,2-11H2,1H3,(H,17,18). The Kier molecular flexibility index (Phi) is 5.68. The minimum Gasteiger partial charge on any atom is -0.362 e. The van der Waals surface area contributed by atoms with Crippen LogP contribution in [0, 0.1) is 0 Å². The van der Waals surface area contributed by atoms with E-state index in [4.69, 9.17) is 0 Å². The summed E-state index contributed by atoms with van der Waals surface area (Å²) in [5.41, 5.74) is 0.512. The van der Waals surface area contributed by atoms with Gasteiger partial charge in [0.15, 0.2) is 5.13 Å². The third-order valence-corrected chi connectivity index (χ3v) is 5.33. The van der Waals surface area contributed by atoms with Crippen molar-refractivity contribution in [3.63, 3.8) is 0 Å². The molecule has 0 bridgehead atoms. The Labute approximate surface area is 146 Å². The van der Waals surface area contributed by atoms with Crippen LogP contribution in [0.2, 0.25) is 0 Å². The Balaban J connectivity index is 1.47. The molecule has 2 amide bonds. The molecule has 1 aromatic heterocycles. The highest BCUT2D eigenvalue weighted by molar-refractivity contribution is 7.13. The highest BCUT2D eigenvalue weighted by atomic mass is 32.1. The fourth-order valence-electron chi connectivity index (χ4n) is 3.13. The van der Waals surface area contributed by atoms with Crippen LogP contribution < -0.4 is 5.32 Å². The molecular formula is C16H25N5O2S. The molecule has 0 aliphatic carbocycles. The van der Waals surface area contributed by atoms with E-state index in [-0.39, 0.29) is 11.8 Å². The average Bonchev–Trinajstić information content (AvgIpc) is 3.27. The van der Waals surface area contributed by atoms with Crippen LogP contribution >= 0.6 is 11.3 Å². The summed E-state index contributed by atoms with van der Waals surface area (Å²) in [4.78, 5) is 35.0. The molecule has 0 atom stereocenters. The summed E-state index contributed by atoms with van der Waals surface area (Å²) >= 11 is 1.46. The number of thiazole rings is 1. The third-order valence-electron chi connectivity index (χ3n) is 4.53. The van der Waals surface area contributed by atoms with Crippen LogP contribution in [0.1, 0.15) is 30.3 Å². The Hall–Kier alpha value is -1.67. The molecule has 0 unspecified atom stereocenters. The lowest BCUT2D eigenvalue weighted by molar-refractivity contribution is -0.131. The van der Waals surface area contributed by atoms with E-state index in [1.54, 1.807) is 0 Å². The molecule has 0 aromatic carbocycles. The monoisotopic (exact) mass is 351 g/mol. The minimum atomic E-state index is -0.0130. The summed E-state index contributed by atoms with van der Waals surface area (Å²) in [6, 6.07) is 0. The number of carbonyl (C=O) groups excluding carboxylic acids is 2. The van der Waals surface area contributed by atoms with E-state index in [1.807, 2.05) is 22.1 Å². The quantitative estimate of drug-likeness (QED) is 0.856. The Bertz CT molecular complexity index is 577. The molecule has 0 spiro atoms. The molecule has 2 fully saturated rings. The molecule has 7 nitrogen and oxygen atoms in total. The summed E-state index contributed by atoms with van der Waals surface area (Å²) in [6.07, 6.45) is 2.24. The van der Waals surface area contributed by atoms with Crippen LogP contribution in [0.5, 0.6) is 0 Å². The van der Waals surface area contributed by atoms with E-state index in [1.165, 1.54) is 11.3 Å². The number of hydrogen-bond donors (Lipinski definition) is 1. The first-order valence-corrected chi connectivity index (χ1v) is 9.54. The van der Waals surface area contributed by atoms with E-state index in [2.05, 4.69) is 15.2 Å². The number of likely N-dealkylation sites (tertiary alicyclic amines) is 1. The van der Waals surface area contributed by atoms with Crippen molar-refractivity contribution in [2.75, 3.05) is 57.7 Å². The minimum absolute atomic E-state index is 0.0130. The first-order valence-electron chi connectivity index (χ1n) is 8.66. The average molecular weight is 351 g/mol. The predicted molar refractivity (Wildman–Crippen MR) is 94.4 cm³/mol. The second-order valence-electron chi connectivity index (χ2n) is 6.22. The van der Waals surface area contributed by atoms with Crippen molar-refractivity contribution in [1.29, 1.82) is 0 Å². The van der Waals surface area contributed by atoms with E-state index < -0.39 is 0 Å². The van der Waals surface area contributed by atoms with Crippen LogP contribution in [0.15, 0.2) is 5.38 Å². The van der Waals surface area contributed by atoms with Gasteiger partial charge in [-0.1, -0.05) is 0 Å². The van der Waals surface area contributed by atoms with Crippen molar-refractivity contribution in [3.05, 3.63) is 11.1 Å². The van der Waals surface area contributed by atoms with Gasteiger partial charge in [0.1, 0.15) is 5.69 Å². The predicted octanol–water partition coefficient (Wildman–Crippen LogP) is 0.955. The molecule has 3 rings (SSSR count). The molecule has 2 aliphatic heterocycles. The smallest absolute Gasteiger partial charge is 0.273 e. The van der Waals surface area contributed by atoms with Gasteiger partial charge in [0, 0.05) is 51.2 Å². The van der Waals surface area contributed by atoms with Crippen molar-refractivity contribution in [1.82, 2.24) is 19.7 Å². The number of piperazine rings is 1. The maximum absolute atomic E-state index is 12.5. The van der Waals surface area contributed by atoms with Crippen molar-refractivity contribution in [2.24, 2.45) is 0 Å². The van der Waals surface area contributed by atoms with Crippen molar-refractivity contribution < 1.29 is 9.59 Å².